The van der Waals surface area contributed by atoms with Crippen LogP contribution in [-0.2, 0) is 33.5 Å². The van der Waals surface area contributed by atoms with Crippen molar-refractivity contribution < 1.29 is 43.7 Å². The first-order chi connectivity index (χ1) is 12.4. The minimum Gasteiger partial charge on any atom is -0.394 e. The fourth-order valence-electron chi connectivity index (χ4n) is 1.64. The van der Waals surface area contributed by atoms with E-state index in [1.165, 1.54) is 0 Å². The molecule has 0 fully saturated rings. The largest absolute Gasteiger partial charge is 0.394 e. The van der Waals surface area contributed by atoms with Crippen LogP contribution < -0.4 is 0 Å². The lowest BCUT2D eigenvalue weighted by atomic mass is 10.2. The quantitative estimate of drug-likeness (QED) is 0.119. The van der Waals surface area contributed by atoms with Gasteiger partial charge in [-0.2, -0.15) is 0 Å². The van der Waals surface area contributed by atoms with Gasteiger partial charge in [0, 0.05) is 13.2 Å². The number of ether oxygens (including phenoxy) is 5. The van der Waals surface area contributed by atoms with E-state index in [4.69, 9.17) is 43.7 Å². The molecule has 25 heavy (non-hydrogen) atoms. The third-order valence-corrected chi connectivity index (χ3v) is 2.82. The van der Waals surface area contributed by atoms with Crippen molar-refractivity contribution in [3.8, 4) is 0 Å². The zero-order valence-corrected chi connectivity index (χ0v) is 15.1. The van der Waals surface area contributed by atoms with E-state index in [2.05, 4.69) is 0 Å². The molecule has 9 nitrogen and oxygen atoms in total. The van der Waals surface area contributed by atoms with Crippen molar-refractivity contribution in [1.29, 1.82) is 0 Å². The van der Waals surface area contributed by atoms with E-state index >= 15 is 0 Å². The molecule has 0 saturated heterocycles. The van der Waals surface area contributed by atoms with Gasteiger partial charge in [-0.25, -0.2) is 9.78 Å². The monoisotopic (exact) mass is 370 g/mol. The summed E-state index contributed by atoms with van der Waals surface area (Å²) in [5.74, 6) is 0. The summed E-state index contributed by atoms with van der Waals surface area (Å²) < 4.78 is 26.0. The lowest BCUT2D eigenvalue weighted by Crippen LogP contribution is -2.13. The molecule has 0 radical (unpaired) electrons. The van der Waals surface area contributed by atoms with Gasteiger partial charge in [-0.1, -0.05) is 0 Å². The summed E-state index contributed by atoms with van der Waals surface area (Å²) >= 11 is 0. The Labute approximate surface area is 150 Å². The Morgan fingerprint density at radius 3 is 1.48 bits per heavy atom. The van der Waals surface area contributed by atoms with Gasteiger partial charge in [-0.3, -0.25) is 0 Å². The second kappa shape index (κ2) is 23.6. The van der Waals surface area contributed by atoms with Crippen LogP contribution in [-0.4, -0.2) is 96.3 Å². The Kier molecular flexibility index (Phi) is 23.3. The predicted octanol–water partition coefficient (Wildman–Crippen LogP) is 0.130. The van der Waals surface area contributed by atoms with Gasteiger partial charge >= 0.3 is 0 Å². The number of rotatable bonds is 22. The second-order valence-corrected chi connectivity index (χ2v) is 4.92. The number of aliphatic hydroxyl groups is 2. The van der Waals surface area contributed by atoms with Gasteiger partial charge in [-0.05, 0) is 19.3 Å². The van der Waals surface area contributed by atoms with E-state index in [1.807, 2.05) is 0 Å². The third kappa shape index (κ3) is 23.6. The molecule has 0 spiro atoms. The Hall–Kier alpha value is -0.360. The number of aliphatic hydroxyl groups excluding tert-OH is 2. The van der Waals surface area contributed by atoms with Crippen LogP contribution in [0.25, 0.3) is 0 Å². The molecular formula is C16H34O9. The molecule has 9 heteroatoms. The predicted molar refractivity (Wildman–Crippen MR) is 89.2 cm³/mol. The van der Waals surface area contributed by atoms with Gasteiger partial charge < -0.3 is 33.9 Å². The summed E-state index contributed by atoms with van der Waals surface area (Å²) in [5, 5.41) is 17.0. The molecule has 0 aromatic heterocycles. The van der Waals surface area contributed by atoms with E-state index in [-0.39, 0.29) is 20.0 Å². The molecule has 0 heterocycles. The maximum Gasteiger partial charge on any atom is 0.180 e. The van der Waals surface area contributed by atoms with Crippen LogP contribution in [0, 0.1) is 0 Å². The van der Waals surface area contributed by atoms with Crippen LogP contribution in [0.5, 0.6) is 0 Å². The highest BCUT2D eigenvalue weighted by atomic mass is 17.2. The molecule has 0 amide bonds. The molecule has 0 aromatic carbocycles. The van der Waals surface area contributed by atoms with Crippen LogP contribution in [0.4, 0.5) is 0 Å². The van der Waals surface area contributed by atoms with E-state index in [0.29, 0.717) is 66.1 Å². The fourth-order valence-corrected chi connectivity index (χ4v) is 1.64. The van der Waals surface area contributed by atoms with E-state index in [1.54, 1.807) is 0 Å². The SMILES string of the molecule is OCCOCCCCCOCOOCCOCCOCCOCCO. The highest BCUT2D eigenvalue weighted by Crippen LogP contribution is 1.96. The fraction of sp³-hybridized carbons (Fsp3) is 1.00. The third-order valence-electron chi connectivity index (χ3n) is 2.82. The molecule has 0 atom stereocenters. The van der Waals surface area contributed by atoms with Crippen molar-refractivity contribution >= 4 is 0 Å². The maximum absolute atomic E-state index is 8.53. The first kappa shape index (κ1) is 24.6. The van der Waals surface area contributed by atoms with Crippen LogP contribution >= 0.6 is 0 Å². The van der Waals surface area contributed by atoms with Gasteiger partial charge in [0.15, 0.2) is 6.79 Å². The summed E-state index contributed by atoms with van der Waals surface area (Å²) in [5.41, 5.74) is 0. The lowest BCUT2D eigenvalue weighted by Gasteiger charge is -2.07. The minimum atomic E-state index is 0.0256. The second-order valence-electron chi connectivity index (χ2n) is 4.92. The van der Waals surface area contributed by atoms with Gasteiger partial charge in [0.1, 0.15) is 6.61 Å². The number of unbranched alkanes of at least 4 members (excludes halogenated alkanes) is 2. The van der Waals surface area contributed by atoms with Gasteiger partial charge in [0.25, 0.3) is 0 Å². The lowest BCUT2D eigenvalue weighted by molar-refractivity contribution is -0.339. The van der Waals surface area contributed by atoms with Crippen molar-refractivity contribution in [3.05, 3.63) is 0 Å². The molecule has 0 rings (SSSR count). The summed E-state index contributed by atoms with van der Waals surface area (Å²) in [4.78, 5) is 9.75. The Bertz CT molecular complexity index is 210. The van der Waals surface area contributed by atoms with E-state index < -0.39 is 0 Å². The van der Waals surface area contributed by atoms with Crippen molar-refractivity contribution in [3.63, 3.8) is 0 Å². The van der Waals surface area contributed by atoms with Crippen molar-refractivity contribution in [2.24, 2.45) is 0 Å². The summed E-state index contributed by atoms with van der Waals surface area (Å²) in [6.07, 6.45) is 2.90. The van der Waals surface area contributed by atoms with Gasteiger partial charge in [0.2, 0.25) is 0 Å². The highest BCUT2D eigenvalue weighted by molar-refractivity contribution is 4.40. The summed E-state index contributed by atoms with van der Waals surface area (Å²) in [6.45, 7) is 4.85. The van der Waals surface area contributed by atoms with Crippen molar-refractivity contribution in [1.82, 2.24) is 0 Å². The highest BCUT2D eigenvalue weighted by Gasteiger charge is 1.94. The minimum absolute atomic E-state index is 0.0256. The van der Waals surface area contributed by atoms with Crippen molar-refractivity contribution in [2.75, 3.05) is 86.1 Å². The van der Waals surface area contributed by atoms with Crippen LogP contribution in [0.2, 0.25) is 0 Å². The molecule has 0 unspecified atom stereocenters. The first-order valence-electron chi connectivity index (χ1n) is 8.76. The molecule has 0 saturated carbocycles. The van der Waals surface area contributed by atoms with Gasteiger partial charge in [0.05, 0.1) is 59.5 Å². The van der Waals surface area contributed by atoms with Crippen LogP contribution in [0.3, 0.4) is 0 Å². The Morgan fingerprint density at radius 2 is 0.880 bits per heavy atom. The summed E-state index contributed by atoms with van der Waals surface area (Å²) in [6, 6.07) is 0. The van der Waals surface area contributed by atoms with Gasteiger partial charge in [-0.15, -0.1) is 0 Å². The zero-order chi connectivity index (χ0) is 18.3. The Morgan fingerprint density at radius 1 is 0.400 bits per heavy atom. The molecule has 0 bridgehead atoms. The van der Waals surface area contributed by atoms with E-state index in [9.17, 15) is 0 Å². The molecule has 0 aliphatic heterocycles. The molecule has 2 N–H and O–H groups in total. The normalized spacial score (nSPS) is 11.3. The Balaban J connectivity index is 2.94. The smallest absolute Gasteiger partial charge is 0.180 e. The molecule has 152 valence electrons. The molecule has 0 aromatic rings. The molecular weight excluding hydrogens is 336 g/mol. The van der Waals surface area contributed by atoms with Crippen molar-refractivity contribution in [2.45, 2.75) is 19.3 Å². The van der Waals surface area contributed by atoms with Crippen LogP contribution in [0.15, 0.2) is 0 Å². The standard InChI is InChI=1S/C16H34O9/c17-4-8-19-6-2-1-3-7-23-16-25-24-15-14-22-13-12-21-11-10-20-9-5-18/h17-18H,1-16H2. The topological polar surface area (TPSA) is 105 Å². The average Bonchev–Trinajstić information content (AvgIpc) is 2.63. The zero-order valence-electron chi connectivity index (χ0n) is 15.1. The van der Waals surface area contributed by atoms with Crippen LogP contribution in [0.1, 0.15) is 19.3 Å². The first-order valence-corrected chi connectivity index (χ1v) is 8.76. The molecule has 0 aliphatic carbocycles. The number of hydrogen-bond acceptors (Lipinski definition) is 9. The number of hydrogen-bond donors (Lipinski definition) is 2. The maximum atomic E-state index is 8.53. The molecule has 0 aliphatic rings. The summed E-state index contributed by atoms with van der Waals surface area (Å²) in [7, 11) is 0. The van der Waals surface area contributed by atoms with E-state index in [0.717, 1.165) is 19.3 Å². The average molecular weight is 370 g/mol.